The second-order valence-electron chi connectivity index (χ2n) is 6.60. The van der Waals surface area contributed by atoms with E-state index in [9.17, 15) is 9.59 Å². The maximum absolute atomic E-state index is 11.7. The fourth-order valence-corrected chi connectivity index (χ4v) is 2.59. The molecule has 0 aliphatic rings. The molecule has 2 amide bonds. The maximum Gasteiger partial charge on any atom is 0.259 e. The molecule has 1 rings (SSSR count). The van der Waals surface area contributed by atoms with Crippen molar-refractivity contribution in [1.29, 1.82) is 0 Å². The van der Waals surface area contributed by atoms with E-state index in [2.05, 4.69) is 22.8 Å². The van der Waals surface area contributed by atoms with Gasteiger partial charge in [-0.2, -0.15) is 5.10 Å². The molecule has 1 aromatic rings. The Kier molecular flexibility index (Phi) is 11.9. The first kappa shape index (κ1) is 21.9. The predicted octanol–water partition coefficient (Wildman–Crippen LogP) is 4.08. The van der Waals surface area contributed by atoms with Gasteiger partial charge in [-0.25, -0.2) is 5.43 Å². The van der Waals surface area contributed by atoms with Gasteiger partial charge in [-0.15, -0.1) is 0 Å². The van der Waals surface area contributed by atoms with Crippen LogP contribution in [0, 0.1) is 6.92 Å². The Bertz CT molecular complexity index is 552. The number of furan rings is 1. The molecule has 146 valence electrons. The number of nitrogens with zero attached hydrogens (tertiary/aromatic N) is 1. The lowest BCUT2D eigenvalue weighted by Crippen LogP contribution is -2.34. The van der Waals surface area contributed by atoms with Crippen LogP contribution in [-0.4, -0.2) is 24.6 Å². The van der Waals surface area contributed by atoms with Crippen LogP contribution >= 0.6 is 0 Å². The Hall–Kier alpha value is -2.11. The number of aryl methyl sites for hydroxylation is 1. The van der Waals surface area contributed by atoms with Crippen LogP contribution in [0.5, 0.6) is 0 Å². The summed E-state index contributed by atoms with van der Waals surface area (Å²) in [5, 5.41) is 6.40. The topological polar surface area (TPSA) is 83.7 Å². The average Bonchev–Trinajstić information content (AvgIpc) is 3.03. The van der Waals surface area contributed by atoms with E-state index in [-0.39, 0.29) is 18.4 Å². The molecule has 0 bridgehead atoms. The van der Waals surface area contributed by atoms with Crippen molar-refractivity contribution >= 4 is 18.0 Å². The Balaban J connectivity index is 1.97. The highest BCUT2D eigenvalue weighted by Crippen LogP contribution is 2.10. The molecule has 0 aliphatic carbocycles. The lowest BCUT2D eigenvalue weighted by atomic mass is 10.1. The molecule has 0 atom stereocenters. The molecular weight excluding hydrogens is 330 g/mol. The van der Waals surface area contributed by atoms with Crippen LogP contribution in [0.25, 0.3) is 0 Å². The Morgan fingerprint density at radius 3 is 2.27 bits per heavy atom. The van der Waals surface area contributed by atoms with E-state index in [1.807, 2.05) is 13.0 Å². The summed E-state index contributed by atoms with van der Waals surface area (Å²) in [7, 11) is 0. The highest BCUT2D eigenvalue weighted by atomic mass is 16.3. The lowest BCUT2D eigenvalue weighted by Gasteiger charge is -2.04. The molecule has 0 unspecified atom stereocenters. The van der Waals surface area contributed by atoms with E-state index >= 15 is 0 Å². The molecule has 0 aromatic carbocycles. The van der Waals surface area contributed by atoms with E-state index in [1.54, 1.807) is 6.07 Å². The second-order valence-corrected chi connectivity index (χ2v) is 6.60. The van der Waals surface area contributed by atoms with Crippen molar-refractivity contribution in [2.24, 2.45) is 5.10 Å². The third-order valence-corrected chi connectivity index (χ3v) is 4.10. The zero-order chi connectivity index (χ0) is 19.0. The summed E-state index contributed by atoms with van der Waals surface area (Å²) >= 11 is 0. The third-order valence-electron chi connectivity index (χ3n) is 4.10. The number of unbranched alkanes of at least 4 members (excludes halogenated alkanes) is 8. The summed E-state index contributed by atoms with van der Waals surface area (Å²) in [5.41, 5.74) is 2.36. The van der Waals surface area contributed by atoms with Crippen LogP contribution in [0.4, 0.5) is 0 Å². The molecule has 6 heteroatoms. The molecule has 0 aliphatic heterocycles. The van der Waals surface area contributed by atoms with Crippen molar-refractivity contribution in [2.75, 3.05) is 6.54 Å². The Labute approximate surface area is 156 Å². The highest BCUT2D eigenvalue weighted by Gasteiger charge is 2.04. The summed E-state index contributed by atoms with van der Waals surface area (Å²) in [6, 6.07) is 3.58. The van der Waals surface area contributed by atoms with Crippen molar-refractivity contribution in [1.82, 2.24) is 10.7 Å². The van der Waals surface area contributed by atoms with Crippen molar-refractivity contribution in [2.45, 2.75) is 78.1 Å². The van der Waals surface area contributed by atoms with Gasteiger partial charge >= 0.3 is 0 Å². The molecule has 0 saturated heterocycles. The molecule has 6 nitrogen and oxygen atoms in total. The molecule has 0 radical (unpaired) electrons. The quantitative estimate of drug-likeness (QED) is 0.297. The average molecular weight is 364 g/mol. The van der Waals surface area contributed by atoms with Crippen LogP contribution in [0.15, 0.2) is 21.7 Å². The number of hydrogen-bond acceptors (Lipinski definition) is 4. The largest absolute Gasteiger partial charge is 0.460 e. The predicted molar refractivity (Wildman–Crippen MR) is 104 cm³/mol. The van der Waals surface area contributed by atoms with Gasteiger partial charge in [0.25, 0.3) is 5.91 Å². The highest BCUT2D eigenvalue weighted by molar-refractivity contribution is 5.85. The van der Waals surface area contributed by atoms with E-state index in [0.717, 1.165) is 18.6 Å². The van der Waals surface area contributed by atoms with Gasteiger partial charge in [-0.05, 0) is 25.5 Å². The molecule has 2 N–H and O–H groups in total. The number of hydrogen-bond donors (Lipinski definition) is 2. The zero-order valence-electron chi connectivity index (χ0n) is 16.2. The van der Waals surface area contributed by atoms with Crippen LogP contribution in [0.1, 0.15) is 82.7 Å². The van der Waals surface area contributed by atoms with Gasteiger partial charge in [0.2, 0.25) is 5.91 Å². The normalized spacial score (nSPS) is 11.0. The summed E-state index contributed by atoms with van der Waals surface area (Å²) in [4.78, 5) is 23.3. The van der Waals surface area contributed by atoms with Crippen molar-refractivity contribution in [3.8, 4) is 0 Å². The van der Waals surface area contributed by atoms with Crippen LogP contribution in [-0.2, 0) is 9.59 Å². The molecule has 0 fully saturated rings. The van der Waals surface area contributed by atoms with Gasteiger partial charge in [0.15, 0.2) is 0 Å². The standard InChI is InChI=1S/C20H33N3O3/c1-3-4-5-6-7-8-9-10-11-12-19(24)21-16-20(25)23-22-15-18-14-13-17(2)26-18/h13-15H,3-12,16H2,1-2H3,(H,21,24)(H,23,25). The van der Waals surface area contributed by atoms with Gasteiger partial charge < -0.3 is 9.73 Å². The van der Waals surface area contributed by atoms with Gasteiger partial charge in [0.1, 0.15) is 11.5 Å². The van der Waals surface area contributed by atoms with Crippen molar-refractivity contribution in [3.05, 3.63) is 23.7 Å². The molecule has 1 heterocycles. The van der Waals surface area contributed by atoms with Gasteiger partial charge in [-0.1, -0.05) is 58.3 Å². The first-order chi connectivity index (χ1) is 12.6. The number of amides is 2. The van der Waals surface area contributed by atoms with E-state index in [0.29, 0.717) is 12.2 Å². The SMILES string of the molecule is CCCCCCCCCCCC(=O)NCC(=O)NN=Cc1ccc(C)o1. The van der Waals surface area contributed by atoms with Gasteiger partial charge in [0, 0.05) is 6.42 Å². The number of hydrazone groups is 1. The van der Waals surface area contributed by atoms with Crippen LogP contribution in [0.3, 0.4) is 0 Å². The summed E-state index contributed by atoms with van der Waals surface area (Å²) in [5.74, 6) is 0.900. The molecule has 26 heavy (non-hydrogen) atoms. The maximum atomic E-state index is 11.7. The van der Waals surface area contributed by atoms with Crippen molar-refractivity contribution in [3.63, 3.8) is 0 Å². The Morgan fingerprint density at radius 2 is 1.65 bits per heavy atom. The van der Waals surface area contributed by atoms with E-state index in [4.69, 9.17) is 4.42 Å². The first-order valence-electron chi connectivity index (χ1n) is 9.77. The first-order valence-corrected chi connectivity index (χ1v) is 9.77. The summed E-state index contributed by atoms with van der Waals surface area (Å²) in [6.45, 7) is 3.99. The molecule has 0 spiro atoms. The fourth-order valence-electron chi connectivity index (χ4n) is 2.59. The van der Waals surface area contributed by atoms with Gasteiger partial charge in [0.05, 0.1) is 12.8 Å². The minimum atomic E-state index is -0.357. The smallest absolute Gasteiger partial charge is 0.259 e. The number of carbonyl (C=O) groups is 2. The molecule has 0 saturated carbocycles. The monoisotopic (exact) mass is 363 g/mol. The Morgan fingerprint density at radius 1 is 1.00 bits per heavy atom. The molecular formula is C20H33N3O3. The molecule has 1 aromatic heterocycles. The number of nitrogens with one attached hydrogen (secondary N) is 2. The fraction of sp³-hybridized carbons (Fsp3) is 0.650. The number of rotatable bonds is 14. The van der Waals surface area contributed by atoms with Crippen LogP contribution < -0.4 is 10.7 Å². The summed E-state index contributed by atoms with van der Waals surface area (Å²) < 4.78 is 5.29. The van der Waals surface area contributed by atoms with Crippen molar-refractivity contribution < 1.29 is 14.0 Å². The van der Waals surface area contributed by atoms with E-state index in [1.165, 1.54) is 51.2 Å². The van der Waals surface area contributed by atoms with Crippen LogP contribution in [0.2, 0.25) is 0 Å². The lowest BCUT2D eigenvalue weighted by molar-refractivity contribution is -0.126. The second kappa shape index (κ2) is 14.1. The minimum absolute atomic E-state index is 0.0647. The third kappa shape index (κ3) is 11.4. The zero-order valence-corrected chi connectivity index (χ0v) is 16.2. The van der Waals surface area contributed by atoms with Gasteiger partial charge in [-0.3, -0.25) is 9.59 Å². The van der Waals surface area contributed by atoms with E-state index < -0.39 is 0 Å². The minimum Gasteiger partial charge on any atom is -0.460 e. The summed E-state index contributed by atoms with van der Waals surface area (Å²) in [6.07, 6.45) is 12.8. The number of carbonyl (C=O) groups excluding carboxylic acids is 2.